The van der Waals surface area contributed by atoms with Gasteiger partial charge in [0.15, 0.2) is 0 Å². The van der Waals surface area contributed by atoms with Gasteiger partial charge in [0.25, 0.3) is 0 Å². The Bertz CT molecular complexity index is 331. The van der Waals surface area contributed by atoms with E-state index in [1.165, 1.54) is 0 Å². The molecule has 1 aromatic heterocycles. The number of hydrogen-bond donors (Lipinski definition) is 1. The molecule has 0 aliphatic carbocycles. The highest BCUT2D eigenvalue weighted by Crippen LogP contribution is 2.18. The predicted molar refractivity (Wildman–Crippen MR) is 62.0 cm³/mol. The van der Waals surface area contributed by atoms with Crippen LogP contribution in [0.5, 0.6) is 0 Å². The lowest BCUT2D eigenvalue weighted by molar-refractivity contribution is 0.312. The van der Waals surface area contributed by atoms with E-state index in [4.69, 9.17) is 5.21 Å². The molecule has 0 spiro atoms. The third kappa shape index (κ3) is 3.00. The Balaban J connectivity index is 2.77. The fourth-order valence-electron chi connectivity index (χ4n) is 0.980. The molecule has 0 aliphatic rings. The maximum atomic E-state index is 8.83. The van der Waals surface area contributed by atoms with E-state index in [0.717, 1.165) is 4.88 Å². The lowest BCUT2D eigenvalue weighted by Gasteiger charge is -2.16. The zero-order chi connectivity index (χ0) is 10.6. The van der Waals surface area contributed by atoms with Gasteiger partial charge in [0.2, 0.25) is 0 Å². The molecule has 0 aromatic carbocycles. The van der Waals surface area contributed by atoms with Crippen LogP contribution >= 0.6 is 11.3 Å². The van der Waals surface area contributed by atoms with Crippen LogP contribution in [0.4, 0.5) is 0 Å². The van der Waals surface area contributed by atoms with E-state index >= 15 is 0 Å². The summed E-state index contributed by atoms with van der Waals surface area (Å²) in [6.45, 7) is 6.04. The van der Waals surface area contributed by atoms with Gasteiger partial charge >= 0.3 is 0 Å². The molecule has 0 bridgehead atoms. The largest absolute Gasteiger partial charge is 0.411 e. The average Bonchev–Trinajstić information content (AvgIpc) is 2.55. The first-order valence-electron chi connectivity index (χ1n) is 4.48. The molecule has 0 fully saturated rings. The first-order valence-corrected chi connectivity index (χ1v) is 5.36. The van der Waals surface area contributed by atoms with Crippen LogP contribution in [0.2, 0.25) is 0 Å². The normalized spacial score (nSPS) is 13.8. The van der Waals surface area contributed by atoms with Gasteiger partial charge in [-0.25, -0.2) is 0 Å². The van der Waals surface area contributed by atoms with Crippen molar-refractivity contribution >= 4 is 23.1 Å². The minimum atomic E-state index is -0.123. The maximum Gasteiger partial charge on any atom is 0.0849 e. The fourth-order valence-corrected chi connectivity index (χ4v) is 1.60. The lowest BCUT2D eigenvalue weighted by atomic mass is 9.90. The Morgan fingerprint density at radius 2 is 2.21 bits per heavy atom. The second-order valence-electron chi connectivity index (χ2n) is 4.08. The van der Waals surface area contributed by atoms with Crippen LogP contribution in [0.1, 0.15) is 25.6 Å². The van der Waals surface area contributed by atoms with Gasteiger partial charge in [-0.3, -0.25) is 0 Å². The van der Waals surface area contributed by atoms with E-state index in [1.807, 2.05) is 50.4 Å². The van der Waals surface area contributed by atoms with Gasteiger partial charge in [-0.2, -0.15) is 0 Å². The van der Waals surface area contributed by atoms with Gasteiger partial charge in [-0.1, -0.05) is 32.0 Å². The van der Waals surface area contributed by atoms with Crippen LogP contribution < -0.4 is 0 Å². The molecular weight excluding hydrogens is 194 g/mol. The van der Waals surface area contributed by atoms with Crippen LogP contribution in [-0.4, -0.2) is 10.9 Å². The van der Waals surface area contributed by atoms with Gasteiger partial charge in [-0.05, 0) is 23.6 Å². The monoisotopic (exact) mass is 209 g/mol. The third-order valence-corrected chi connectivity index (χ3v) is 2.66. The molecule has 2 nitrogen and oxygen atoms in total. The van der Waals surface area contributed by atoms with Crippen molar-refractivity contribution in [3.05, 3.63) is 28.5 Å². The molecule has 1 aromatic rings. The number of rotatable bonds is 2. The quantitative estimate of drug-likeness (QED) is 0.450. The molecule has 0 saturated carbocycles. The van der Waals surface area contributed by atoms with Crippen molar-refractivity contribution in [3.63, 3.8) is 0 Å². The average molecular weight is 209 g/mol. The molecule has 76 valence electrons. The van der Waals surface area contributed by atoms with Gasteiger partial charge in [-0.15, -0.1) is 11.3 Å². The highest BCUT2D eigenvalue weighted by atomic mass is 32.1. The second kappa shape index (κ2) is 4.42. The molecule has 1 N–H and O–H groups in total. The summed E-state index contributed by atoms with van der Waals surface area (Å²) in [6.07, 6.45) is 3.82. The summed E-state index contributed by atoms with van der Waals surface area (Å²) in [5, 5.41) is 14.1. The van der Waals surface area contributed by atoms with Crippen molar-refractivity contribution < 1.29 is 5.21 Å². The Morgan fingerprint density at radius 3 is 2.64 bits per heavy atom. The van der Waals surface area contributed by atoms with E-state index < -0.39 is 0 Å². The van der Waals surface area contributed by atoms with Crippen molar-refractivity contribution in [2.24, 2.45) is 10.6 Å². The SMILES string of the molecule is CC(C)(C)C(/C=C/c1cccs1)=N/O. The first kappa shape index (κ1) is 11.0. The number of allylic oxidation sites excluding steroid dienone is 1. The Kier molecular flexibility index (Phi) is 3.47. The molecule has 0 aliphatic heterocycles. The van der Waals surface area contributed by atoms with E-state index in [2.05, 4.69) is 5.16 Å². The molecular formula is C11H15NOS. The summed E-state index contributed by atoms with van der Waals surface area (Å²) < 4.78 is 0. The van der Waals surface area contributed by atoms with Gasteiger partial charge in [0.1, 0.15) is 0 Å². The molecule has 0 unspecified atom stereocenters. The van der Waals surface area contributed by atoms with Gasteiger partial charge in [0.05, 0.1) is 5.71 Å². The van der Waals surface area contributed by atoms with Crippen LogP contribution in [0.3, 0.4) is 0 Å². The minimum absolute atomic E-state index is 0.123. The van der Waals surface area contributed by atoms with Crippen LogP contribution in [0.25, 0.3) is 6.08 Å². The van der Waals surface area contributed by atoms with Crippen molar-refractivity contribution in [1.29, 1.82) is 0 Å². The maximum absolute atomic E-state index is 8.83. The number of hydrogen-bond acceptors (Lipinski definition) is 3. The molecule has 0 saturated heterocycles. The van der Waals surface area contributed by atoms with Crippen molar-refractivity contribution in [3.8, 4) is 0 Å². The number of nitrogens with zero attached hydrogens (tertiary/aromatic N) is 1. The molecule has 14 heavy (non-hydrogen) atoms. The Morgan fingerprint density at radius 1 is 1.50 bits per heavy atom. The van der Waals surface area contributed by atoms with E-state index in [0.29, 0.717) is 5.71 Å². The van der Waals surface area contributed by atoms with Crippen LogP contribution in [-0.2, 0) is 0 Å². The van der Waals surface area contributed by atoms with Crippen molar-refractivity contribution in [1.82, 2.24) is 0 Å². The van der Waals surface area contributed by atoms with Crippen LogP contribution in [0, 0.1) is 5.41 Å². The smallest absolute Gasteiger partial charge is 0.0849 e. The Labute approximate surface area is 88.6 Å². The standard InChI is InChI=1S/C11H15NOS/c1-11(2,3)10(12-13)7-6-9-5-4-8-14-9/h4-8,13H,1-3H3/b7-6+,12-10+. The predicted octanol–water partition coefficient (Wildman–Crippen LogP) is 3.64. The summed E-state index contributed by atoms with van der Waals surface area (Å²) in [5.41, 5.74) is 0.564. The highest BCUT2D eigenvalue weighted by Gasteiger charge is 2.16. The molecule has 3 heteroatoms. The summed E-state index contributed by atoms with van der Waals surface area (Å²) in [5.74, 6) is 0. The van der Waals surface area contributed by atoms with Crippen LogP contribution in [0.15, 0.2) is 28.7 Å². The topological polar surface area (TPSA) is 32.6 Å². The zero-order valence-electron chi connectivity index (χ0n) is 8.69. The van der Waals surface area contributed by atoms with Gasteiger partial charge in [0, 0.05) is 10.3 Å². The summed E-state index contributed by atoms with van der Waals surface area (Å²) in [7, 11) is 0. The fraction of sp³-hybridized carbons (Fsp3) is 0.364. The van der Waals surface area contributed by atoms with E-state index in [-0.39, 0.29) is 5.41 Å². The summed E-state index contributed by atoms with van der Waals surface area (Å²) >= 11 is 1.66. The van der Waals surface area contributed by atoms with E-state index in [1.54, 1.807) is 11.3 Å². The third-order valence-electron chi connectivity index (χ3n) is 1.82. The number of oxime groups is 1. The van der Waals surface area contributed by atoms with Gasteiger partial charge < -0.3 is 5.21 Å². The van der Waals surface area contributed by atoms with Crippen molar-refractivity contribution in [2.75, 3.05) is 0 Å². The summed E-state index contributed by atoms with van der Waals surface area (Å²) in [4.78, 5) is 1.16. The molecule has 0 amide bonds. The lowest BCUT2D eigenvalue weighted by Crippen LogP contribution is -2.17. The molecule has 0 atom stereocenters. The number of thiophene rings is 1. The van der Waals surface area contributed by atoms with Crippen molar-refractivity contribution in [2.45, 2.75) is 20.8 Å². The molecule has 0 radical (unpaired) electrons. The first-order chi connectivity index (χ1) is 6.54. The highest BCUT2D eigenvalue weighted by molar-refractivity contribution is 7.10. The zero-order valence-corrected chi connectivity index (χ0v) is 9.51. The second-order valence-corrected chi connectivity index (χ2v) is 5.06. The summed E-state index contributed by atoms with van der Waals surface area (Å²) in [6, 6.07) is 4.02. The Hall–Kier alpha value is -1.09. The van der Waals surface area contributed by atoms with E-state index in [9.17, 15) is 0 Å². The molecule has 1 heterocycles. The molecule has 1 rings (SSSR count). The minimum Gasteiger partial charge on any atom is -0.411 e.